The number of methoxy groups -OCH3 is 1. The third-order valence-corrected chi connectivity index (χ3v) is 6.96. The molecule has 1 aliphatic rings. The van der Waals surface area contributed by atoms with Crippen molar-refractivity contribution in [2.24, 2.45) is 0 Å². The number of benzene rings is 1. The average Bonchev–Trinajstić information content (AvgIpc) is 3.08. The van der Waals surface area contributed by atoms with Crippen molar-refractivity contribution in [2.45, 2.75) is 37.5 Å². The number of nitrogens with zero attached hydrogens (tertiary/aromatic N) is 4. The molecular formula is C24H30N4O2S. The topological polar surface area (TPSA) is 50.1 Å². The molecule has 31 heavy (non-hydrogen) atoms. The summed E-state index contributed by atoms with van der Waals surface area (Å²) in [5.74, 6) is 1.04. The van der Waals surface area contributed by atoms with Crippen LogP contribution in [-0.2, 0) is 11.3 Å². The van der Waals surface area contributed by atoms with Crippen molar-refractivity contribution in [3.8, 4) is 5.75 Å². The maximum atomic E-state index is 13.0. The molecule has 4 rings (SSSR count). The summed E-state index contributed by atoms with van der Waals surface area (Å²) >= 11 is 1.60. The van der Waals surface area contributed by atoms with Crippen LogP contribution in [0.2, 0.25) is 0 Å². The number of amides is 1. The first kappa shape index (κ1) is 21.7. The number of fused-ring (bicyclic) bond motifs is 1. The molecule has 0 spiro atoms. The molecule has 1 saturated heterocycles. The zero-order valence-corrected chi connectivity index (χ0v) is 19.5. The Bertz CT molecular complexity index is 1060. The van der Waals surface area contributed by atoms with E-state index >= 15 is 0 Å². The lowest BCUT2D eigenvalue weighted by Gasteiger charge is -2.35. The summed E-state index contributed by atoms with van der Waals surface area (Å²) < 4.78 is 7.39. The molecule has 0 N–H and O–H groups in total. The minimum absolute atomic E-state index is 0.107. The Labute approximate surface area is 188 Å². The highest BCUT2D eigenvalue weighted by Crippen LogP contribution is 2.27. The van der Waals surface area contributed by atoms with E-state index in [-0.39, 0.29) is 11.2 Å². The number of imidazole rings is 1. The lowest BCUT2D eigenvalue weighted by Crippen LogP contribution is -2.50. The fraction of sp³-hybridized carbons (Fsp3) is 0.417. The average molecular weight is 439 g/mol. The summed E-state index contributed by atoms with van der Waals surface area (Å²) in [5, 5.41) is -0.107. The van der Waals surface area contributed by atoms with E-state index < -0.39 is 0 Å². The second-order valence-electron chi connectivity index (χ2n) is 8.11. The van der Waals surface area contributed by atoms with Crippen molar-refractivity contribution in [3.63, 3.8) is 0 Å². The van der Waals surface area contributed by atoms with Gasteiger partial charge in [0.25, 0.3) is 0 Å². The molecule has 7 heteroatoms. The molecule has 0 saturated carbocycles. The SMILES string of the molecule is COc1ccc(SC(C)C(=O)N2CCN(Cc3c(C)nc4cc(C)ccn34)CC2)cc1. The summed E-state index contributed by atoms with van der Waals surface area (Å²) in [7, 11) is 1.66. The van der Waals surface area contributed by atoms with Crippen LogP contribution in [0.5, 0.6) is 5.75 Å². The molecule has 2 aromatic heterocycles. The van der Waals surface area contributed by atoms with Crippen LogP contribution >= 0.6 is 11.8 Å². The molecule has 1 aromatic carbocycles. The van der Waals surface area contributed by atoms with E-state index in [0.29, 0.717) is 0 Å². The maximum absolute atomic E-state index is 13.0. The zero-order chi connectivity index (χ0) is 22.0. The third kappa shape index (κ3) is 4.88. The molecule has 1 aliphatic heterocycles. The van der Waals surface area contributed by atoms with Crippen LogP contribution in [0.1, 0.15) is 23.9 Å². The number of hydrogen-bond acceptors (Lipinski definition) is 5. The molecule has 0 radical (unpaired) electrons. The lowest BCUT2D eigenvalue weighted by atomic mass is 10.2. The van der Waals surface area contributed by atoms with Crippen LogP contribution in [0.25, 0.3) is 5.65 Å². The standard InChI is InChI=1S/C24H30N4O2S/c1-17-9-10-28-22(18(2)25-23(28)15-17)16-26-11-13-27(14-12-26)24(29)19(3)31-21-7-5-20(30-4)6-8-21/h5-10,15,19H,11-14,16H2,1-4H3. The summed E-state index contributed by atoms with van der Waals surface area (Å²) in [6.07, 6.45) is 2.11. The van der Waals surface area contributed by atoms with E-state index in [4.69, 9.17) is 9.72 Å². The van der Waals surface area contributed by atoms with Gasteiger partial charge in [-0.25, -0.2) is 4.98 Å². The lowest BCUT2D eigenvalue weighted by molar-refractivity contribution is -0.132. The van der Waals surface area contributed by atoms with E-state index in [1.807, 2.05) is 36.1 Å². The van der Waals surface area contributed by atoms with Crippen molar-refractivity contribution in [2.75, 3.05) is 33.3 Å². The zero-order valence-electron chi connectivity index (χ0n) is 18.7. The smallest absolute Gasteiger partial charge is 0.235 e. The van der Waals surface area contributed by atoms with Crippen molar-refractivity contribution < 1.29 is 9.53 Å². The quantitative estimate of drug-likeness (QED) is 0.548. The normalized spacial score (nSPS) is 15.9. The molecule has 1 atom stereocenters. The van der Waals surface area contributed by atoms with Gasteiger partial charge < -0.3 is 14.0 Å². The van der Waals surface area contributed by atoms with Crippen molar-refractivity contribution in [1.82, 2.24) is 19.2 Å². The molecule has 0 bridgehead atoms. The molecule has 1 unspecified atom stereocenters. The molecule has 1 amide bonds. The molecule has 6 nitrogen and oxygen atoms in total. The van der Waals surface area contributed by atoms with E-state index in [0.717, 1.165) is 54.7 Å². The van der Waals surface area contributed by atoms with E-state index in [1.54, 1.807) is 18.9 Å². The highest BCUT2D eigenvalue weighted by atomic mass is 32.2. The largest absolute Gasteiger partial charge is 0.497 e. The van der Waals surface area contributed by atoms with Gasteiger partial charge in [-0.1, -0.05) is 0 Å². The number of aryl methyl sites for hydroxylation is 2. The molecule has 3 heterocycles. The number of hydrogen-bond donors (Lipinski definition) is 0. The molecule has 0 aliphatic carbocycles. The number of carbonyl (C=O) groups is 1. The molecule has 164 valence electrons. The molecular weight excluding hydrogens is 408 g/mol. The fourth-order valence-corrected chi connectivity index (χ4v) is 4.96. The van der Waals surface area contributed by atoms with Crippen LogP contribution in [0.4, 0.5) is 0 Å². The van der Waals surface area contributed by atoms with Gasteiger partial charge in [-0.15, -0.1) is 11.8 Å². The number of piperazine rings is 1. The van der Waals surface area contributed by atoms with Crippen molar-refractivity contribution >= 4 is 23.3 Å². The summed E-state index contributed by atoms with van der Waals surface area (Å²) in [6, 6.07) is 12.1. The third-order valence-electron chi connectivity index (χ3n) is 5.86. The van der Waals surface area contributed by atoms with Crippen LogP contribution in [0, 0.1) is 13.8 Å². The summed E-state index contributed by atoms with van der Waals surface area (Å²) in [6.45, 7) is 10.3. The van der Waals surface area contributed by atoms with Crippen molar-refractivity contribution in [3.05, 3.63) is 59.5 Å². The number of rotatable bonds is 6. The highest BCUT2D eigenvalue weighted by Gasteiger charge is 2.26. The first-order chi connectivity index (χ1) is 14.9. The van der Waals surface area contributed by atoms with E-state index in [2.05, 4.69) is 41.5 Å². The second kappa shape index (κ2) is 9.32. The van der Waals surface area contributed by atoms with Gasteiger partial charge in [-0.05, 0) is 62.7 Å². The molecule has 1 fully saturated rings. The van der Waals surface area contributed by atoms with Gasteiger partial charge in [0.1, 0.15) is 11.4 Å². The summed E-state index contributed by atoms with van der Waals surface area (Å²) in [4.78, 5) is 23.2. The number of thioether (sulfide) groups is 1. The fourth-order valence-electron chi connectivity index (χ4n) is 4.01. The Morgan fingerprint density at radius 2 is 1.84 bits per heavy atom. The van der Waals surface area contributed by atoms with Gasteiger partial charge >= 0.3 is 0 Å². The Hall–Kier alpha value is -2.51. The Balaban J connectivity index is 1.33. The first-order valence-electron chi connectivity index (χ1n) is 10.7. The second-order valence-corrected chi connectivity index (χ2v) is 9.53. The van der Waals surface area contributed by atoms with Crippen LogP contribution < -0.4 is 4.74 Å². The van der Waals surface area contributed by atoms with Gasteiger partial charge in [0.2, 0.25) is 5.91 Å². The highest BCUT2D eigenvalue weighted by molar-refractivity contribution is 8.00. The van der Waals surface area contributed by atoms with Crippen molar-refractivity contribution in [1.29, 1.82) is 0 Å². The van der Waals surface area contributed by atoms with Gasteiger partial charge in [0.15, 0.2) is 0 Å². The Morgan fingerprint density at radius 1 is 1.13 bits per heavy atom. The van der Waals surface area contributed by atoms with Gasteiger partial charge in [-0.3, -0.25) is 9.69 Å². The van der Waals surface area contributed by atoms with Gasteiger partial charge in [0.05, 0.1) is 23.7 Å². The number of carbonyl (C=O) groups excluding carboxylic acids is 1. The van der Waals surface area contributed by atoms with Crippen LogP contribution in [0.3, 0.4) is 0 Å². The van der Waals surface area contributed by atoms with E-state index in [1.165, 1.54) is 11.3 Å². The monoisotopic (exact) mass is 438 g/mol. The predicted octanol–water partition coefficient (Wildman–Crippen LogP) is 3.78. The Morgan fingerprint density at radius 3 is 2.52 bits per heavy atom. The van der Waals surface area contributed by atoms with E-state index in [9.17, 15) is 4.79 Å². The first-order valence-corrected chi connectivity index (χ1v) is 11.6. The van der Waals surface area contributed by atoms with Gasteiger partial charge in [0, 0.05) is 43.8 Å². The summed E-state index contributed by atoms with van der Waals surface area (Å²) in [5.41, 5.74) is 4.54. The number of aromatic nitrogens is 2. The van der Waals surface area contributed by atoms with Crippen LogP contribution in [0.15, 0.2) is 47.5 Å². The van der Waals surface area contributed by atoms with Crippen LogP contribution in [-0.4, -0.2) is 63.6 Å². The minimum Gasteiger partial charge on any atom is -0.497 e. The minimum atomic E-state index is -0.107. The Kier molecular flexibility index (Phi) is 6.53. The maximum Gasteiger partial charge on any atom is 0.235 e. The van der Waals surface area contributed by atoms with Gasteiger partial charge in [-0.2, -0.15) is 0 Å². The number of pyridine rings is 1. The predicted molar refractivity (Wildman–Crippen MR) is 125 cm³/mol. The molecule has 3 aromatic rings. The number of ether oxygens (including phenoxy) is 1.